The second kappa shape index (κ2) is 6.58. The van der Waals surface area contributed by atoms with Crippen LogP contribution in [0.3, 0.4) is 0 Å². The van der Waals surface area contributed by atoms with Crippen molar-refractivity contribution in [3.05, 3.63) is 76.1 Å². The molecule has 1 amide bonds. The van der Waals surface area contributed by atoms with E-state index in [2.05, 4.69) is 5.32 Å². The summed E-state index contributed by atoms with van der Waals surface area (Å²) in [4.78, 5) is 24.5. The van der Waals surface area contributed by atoms with Crippen LogP contribution in [0.25, 0.3) is 11.0 Å². The van der Waals surface area contributed by atoms with Crippen LogP contribution in [0.5, 0.6) is 5.75 Å². The molecule has 2 aromatic carbocycles. The highest BCUT2D eigenvalue weighted by molar-refractivity contribution is 5.97. The molecule has 0 fully saturated rings. The van der Waals surface area contributed by atoms with Gasteiger partial charge in [-0.25, -0.2) is 4.79 Å². The van der Waals surface area contributed by atoms with Crippen LogP contribution >= 0.6 is 0 Å². The quantitative estimate of drug-likeness (QED) is 0.748. The third-order valence-corrected chi connectivity index (χ3v) is 3.83. The van der Waals surface area contributed by atoms with E-state index in [0.29, 0.717) is 16.7 Å². The maximum absolute atomic E-state index is 12.4. The zero-order valence-corrected chi connectivity index (χ0v) is 13.4. The Balaban J connectivity index is 1.91. The van der Waals surface area contributed by atoms with Crippen molar-refractivity contribution in [1.29, 1.82) is 0 Å². The lowest BCUT2D eigenvalue weighted by atomic mass is 10.1. The number of rotatable bonds is 4. The van der Waals surface area contributed by atoms with Crippen LogP contribution in [0.15, 0.2) is 63.8 Å². The highest BCUT2D eigenvalue weighted by Gasteiger charge is 2.16. The maximum atomic E-state index is 12.4. The molecule has 0 aliphatic heterocycles. The van der Waals surface area contributed by atoms with Crippen molar-refractivity contribution in [1.82, 2.24) is 5.32 Å². The summed E-state index contributed by atoms with van der Waals surface area (Å²) in [7, 11) is 1.55. The van der Waals surface area contributed by atoms with Gasteiger partial charge in [0, 0.05) is 5.39 Å². The van der Waals surface area contributed by atoms with Crippen molar-refractivity contribution in [2.24, 2.45) is 0 Å². The van der Waals surface area contributed by atoms with E-state index in [0.717, 1.165) is 5.56 Å². The van der Waals surface area contributed by atoms with E-state index in [4.69, 9.17) is 9.15 Å². The lowest BCUT2D eigenvalue weighted by Crippen LogP contribution is -2.30. The lowest BCUT2D eigenvalue weighted by Gasteiger charge is -2.14. The molecule has 122 valence electrons. The number of hydrogen-bond acceptors (Lipinski definition) is 4. The fraction of sp³-hybridized carbons (Fsp3) is 0.158. The summed E-state index contributed by atoms with van der Waals surface area (Å²) in [5, 5.41) is 3.45. The predicted octanol–water partition coefficient (Wildman–Crippen LogP) is 3.29. The van der Waals surface area contributed by atoms with E-state index in [1.165, 1.54) is 6.07 Å². The van der Waals surface area contributed by atoms with E-state index in [1.54, 1.807) is 25.3 Å². The van der Waals surface area contributed by atoms with Crippen molar-refractivity contribution in [3.63, 3.8) is 0 Å². The smallest absolute Gasteiger partial charge is 0.349 e. The van der Waals surface area contributed by atoms with Crippen LogP contribution in [0.4, 0.5) is 0 Å². The Hall–Kier alpha value is -3.08. The Morgan fingerprint density at radius 2 is 1.88 bits per heavy atom. The SMILES string of the molecule is COc1ccc2oc(=O)c(C(=O)N[C@H](C)c3ccccc3)cc2c1. The molecule has 0 aliphatic carbocycles. The van der Waals surface area contributed by atoms with Gasteiger partial charge < -0.3 is 14.5 Å². The van der Waals surface area contributed by atoms with Gasteiger partial charge >= 0.3 is 5.63 Å². The van der Waals surface area contributed by atoms with E-state index in [1.807, 2.05) is 37.3 Å². The first-order chi connectivity index (χ1) is 11.6. The number of nitrogens with one attached hydrogen (secondary N) is 1. The zero-order valence-electron chi connectivity index (χ0n) is 13.4. The zero-order chi connectivity index (χ0) is 17.1. The minimum atomic E-state index is -0.662. The van der Waals surface area contributed by atoms with E-state index in [-0.39, 0.29) is 11.6 Å². The first-order valence-corrected chi connectivity index (χ1v) is 7.56. The molecule has 0 bridgehead atoms. The number of carbonyl (C=O) groups excluding carboxylic acids is 1. The standard InChI is InChI=1S/C19H17NO4/c1-12(13-6-4-3-5-7-13)20-18(21)16-11-14-10-15(23-2)8-9-17(14)24-19(16)22/h3-12H,1-2H3,(H,20,21)/t12-/m1/s1. The van der Waals surface area contributed by atoms with Gasteiger partial charge in [0.1, 0.15) is 16.9 Å². The summed E-state index contributed by atoms with van der Waals surface area (Å²) in [6.07, 6.45) is 0. The average molecular weight is 323 g/mol. The summed E-state index contributed by atoms with van der Waals surface area (Å²) in [5.74, 6) is 0.158. The molecule has 0 unspecified atom stereocenters. The number of fused-ring (bicyclic) bond motifs is 1. The molecular formula is C19H17NO4. The van der Waals surface area contributed by atoms with Crippen LogP contribution < -0.4 is 15.7 Å². The first kappa shape index (κ1) is 15.8. The molecule has 1 aromatic heterocycles. The predicted molar refractivity (Wildman–Crippen MR) is 91.4 cm³/mol. The van der Waals surface area contributed by atoms with Crippen LogP contribution in [-0.2, 0) is 0 Å². The van der Waals surface area contributed by atoms with Gasteiger partial charge in [-0.3, -0.25) is 4.79 Å². The van der Waals surface area contributed by atoms with E-state index in [9.17, 15) is 9.59 Å². The van der Waals surface area contributed by atoms with Crippen molar-refractivity contribution in [2.75, 3.05) is 7.11 Å². The van der Waals surface area contributed by atoms with Crippen LogP contribution in [0, 0.1) is 0 Å². The first-order valence-electron chi connectivity index (χ1n) is 7.56. The summed E-state index contributed by atoms with van der Waals surface area (Å²) < 4.78 is 10.4. The molecule has 5 heteroatoms. The Morgan fingerprint density at radius 1 is 1.12 bits per heavy atom. The molecule has 0 radical (unpaired) electrons. The molecule has 3 aromatic rings. The number of hydrogen-bond donors (Lipinski definition) is 1. The monoisotopic (exact) mass is 323 g/mol. The number of ether oxygens (including phenoxy) is 1. The molecule has 24 heavy (non-hydrogen) atoms. The van der Waals surface area contributed by atoms with Gasteiger partial charge in [0.05, 0.1) is 13.2 Å². The molecule has 0 aliphatic rings. The van der Waals surface area contributed by atoms with Gasteiger partial charge in [-0.15, -0.1) is 0 Å². The minimum Gasteiger partial charge on any atom is -0.497 e. The molecular weight excluding hydrogens is 306 g/mol. The highest BCUT2D eigenvalue weighted by atomic mass is 16.5. The van der Waals surface area contributed by atoms with Crippen LogP contribution in [-0.4, -0.2) is 13.0 Å². The molecule has 1 heterocycles. The Kier molecular flexibility index (Phi) is 4.33. The maximum Gasteiger partial charge on any atom is 0.349 e. The summed E-state index contributed by atoms with van der Waals surface area (Å²) in [6.45, 7) is 1.86. The van der Waals surface area contributed by atoms with Crippen molar-refractivity contribution in [2.45, 2.75) is 13.0 Å². The Labute approximate surface area is 138 Å². The Morgan fingerprint density at radius 3 is 2.58 bits per heavy atom. The molecule has 0 saturated heterocycles. The number of benzene rings is 2. The highest BCUT2D eigenvalue weighted by Crippen LogP contribution is 2.20. The lowest BCUT2D eigenvalue weighted by molar-refractivity contribution is 0.0936. The van der Waals surface area contributed by atoms with E-state index >= 15 is 0 Å². The minimum absolute atomic E-state index is 0.0291. The fourth-order valence-corrected chi connectivity index (χ4v) is 2.49. The Bertz CT molecular complexity index is 931. The van der Waals surface area contributed by atoms with Crippen molar-refractivity contribution in [3.8, 4) is 5.75 Å². The van der Waals surface area contributed by atoms with Crippen LogP contribution in [0.1, 0.15) is 28.9 Å². The molecule has 1 N–H and O–H groups in total. The molecule has 1 atom stereocenters. The van der Waals surface area contributed by atoms with Gasteiger partial charge in [-0.05, 0) is 36.8 Å². The largest absolute Gasteiger partial charge is 0.497 e. The van der Waals surface area contributed by atoms with Gasteiger partial charge in [-0.2, -0.15) is 0 Å². The second-order valence-corrected chi connectivity index (χ2v) is 5.46. The van der Waals surface area contributed by atoms with Gasteiger partial charge in [0.2, 0.25) is 0 Å². The molecule has 0 saturated carbocycles. The van der Waals surface area contributed by atoms with Gasteiger partial charge in [-0.1, -0.05) is 30.3 Å². The molecule has 5 nitrogen and oxygen atoms in total. The third kappa shape index (κ3) is 3.15. The van der Waals surface area contributed by atoms with Crippen molar-refractivity contribution >= 4 is 16.9 Å². The van der Waals surface area contributed by atoms with Crippen LogP contribution in [0.2, 0.25) is 0 Å². The van der Waals surface area contributed by atoms with Gasteiger partial charge in [0.25, 0.3) is 5.91 Å². The fourth-order valence-electron chi connectivity index (χ4n) is 2.49. The summed E-state index contributed by atoms with van der Waals surface area (Å²) in [6, 6.07) is 15.9. The normalized spacial score (nSPS) is 11.9. The number of carbonyl (C=O) groups is 1. The summed E-state index contributed by atoms with van der Waals surface area (Å²) in [5.41, 5.74) is 0.676. The van der Waals surface area contributed by atoms with E-state index < -0.39 is 11.5 Å². The summed E-state index contributed by atoms with van der Waals surface area (Å²) >= 11 is 0. The molecule has 0 spiro atoms. The third-order valence-electron chi connectivity index (χ3n) is 3.83. The second-order valence-electron chi connectivity index (χ2n) is 5.46. The molecule has 3 rings (SSSR count). The topological polar surface area (TPSA) is 68.5 Å². The average Bonchev–Trinajstić information content (AvgIpc) is 2.61. The number of amides is 1. The van der Waals surface area contributed by atoms with Gasteiger partial charge in [0.15, 0.2) is 0 Å². The van der Waals surface area contributed by atoms with Crippen molar-refractivity contribution < 1.29 is 13.9 Å². The number of methoxy groups -OCH3 is 1.